The van der Waals surface area contributed by atoms with Crippen molar-refractivity contribution < 1.29 is 18.3 Å². The SMILES string of the molecule is N#CCS(=O)(=O)N1CCC(N2CCCC2C(=O)O)CC1. The molecule has 7 nitrogen and oxygen atoms in total. The molecule has 0 aliphatic carbocycles. The first-order valence-corrected chi connectivity index (χ1v) is 8.40. The molecule has 0 radical (unpaired) electrons. The van der Waals surface area contributed by atoms with Crippen LogP contribution in [0.3, 0.4) is 0 Å². The van der Waals surface area contributed by atoms with E-state index in [0.29, 0.717) is 32.4 Å². The van der Waals surface area contributed by atoms with Gasteiger partial charge in [0.2, 0.25) is 10.0 Å². The van der Waals surface area contributed by atoms with Crippen molar-refractivity contribution in [2.75, 3.05) is 25.4 Å². The van der Waals surface area contributed by atoms with Crippen LogP contribution in [0, 0.1) is 11.3 Å². The predicted molar refractivity (Wildman–Crippen MR) is 71.4 cm³/mol. The van der Waals surface area contributed by atoms with Gasteiger partial charge in [0, 0.05) is 19.1 Å². The lowest BCUT2D eigenvalue weighted by Gasteiger charge is -2.37. The summed E-state index contributed by atoms with van der Waals surface area (Å²) in [5.41, 5.74) is 0. The summed E-state index contributed by atoms with van der Waals surface area (Å²) in [5, 5.41) is 17.7. The Morgan fingerprint density at radius 2 is 1.90 bits per heavy atom. The van der Waals surface area contributed by atoms with Gasteiger partial charge in [-0.05, 0) is 32.2 Å². The van der Waals surface area contributed by atoms with Crippen LogP contribution in [0.4, 0.5) is 0 Å². The van der Waals surface area contributed by atoms with Gasteiger partial charge in [-0.15, -0.1) is 0 Å². The van der Waals surface area contributed by atoms with E-state index >= 15 is 0 Å². The first kappa shape index (κ1) is 15.2. The molecule has 0 aromatic heterocycles. The third kappa shape index (κ3) is 3.11. The number of hydrogen-bond acceptors (Lipinski definition) is 5. The highest BCUT2D eigenvalue weighted by Gasteiger charge is 2.38. The molecule has 0 aromatic rings. The van der Waals surface area contributed by atoms with Crippen LogP contribution in [-0.2, 0) is 14.8 Å². The van der Waals surface area contributed by atoms with Crippen molar-refractivity contribution in [2.45, 2.75) is 37.8 Å². The fourth-order valence-corrected chi connectivity index (χ4v) is 4.23. The molecule has 0 amide bonds. The molecule has 8 heteroatoms. The molecule has 2 saturated heterocycles. The highest BCUT2D eigenvalue weighted by molar-refractivity contribution is 7.89. The number of nitriles is 1. The van der Waals surface area contributed by atoms with Crippen molar-refractivity contribution >= 4 is 16.0 Å². The summed E-state index contributed by atoms with van der Waals surface area (Å²) in [4.78, 5) is 13.2. The number of aliphatic carboxylic acids is 1. The normalized spacial score (nSPS) is 26.4. The summed E-state index contributed by atoms with van der Waals surface area (Å²) in [7, 11) is -3.47. The molecule has 2 aliphatic rings. The first-order chi connectivity index (χ1) is 9.45. The van der Waals surface area contributed by atoms with Crippen LogP contribution in [0.15, 0.2) is 0 Å². The number of rotatable bonds is 4. The average Bonchev–Trinajstić information content (AvgIpc) is 2.88. The molecule has 1 N–H and O–H groups in total. The van der Waals surface area contributed by atoms with Crippen molar-refractivity contribution in [1.29, 1.82) is 5.26 Å². The van der Waals surface area contributed by atoms with Gasteiger partial charge in [0.05, 0.1) is 6.07 Å². The molecule has 2 rings (SSSR count). The molecule has 2 heterocycles. The third-order valence-electron chi connectivity index (χ3n) is 4.11. The smallest absolute Gasteiger partial charge is 0.320 e. The van der Waals surface area contributed by atoms with Gasteiger partial charge in [-0.2, -0.15) is 5.26 Å². The minimum atomic E-state index is -3.47. The van der Waals surface area contributed by atoms with Crippen LogP contribution >= 0.6 is 0 Å². The number of piperidine rings is 1. The first-order valence-electron chi connectivity index (χ1n) is 6.79. The highest BCUT2D eigenvalue weighted by atomic mass is 32.2. The zero-order chi connectivity index (χ0) is 14.8. The second kappa shape index (κ2) is 6.08. The van der Waals surface area contributed by atoms with Crippen LogP contribution in [0.25, 0.3) is 0 Å². The largest absolute Gasteiger partial charge is 0.480 e. The Bertz CT molecular complexity index is 505. The number of likely N-dealkylation sites (tertiary alicyclic amines) is 1. The molecule has 1 unspecified atom stereocenters. The summed E-state index contributed by atoms with van der Waals surface area (Å²) < 4.78 is 24.9. The molecular formula is C12H19N3O4S. The Morgan fingerprint density at radius 3 is 2.45 bits per heavy atom. The Balaban J connectivity index is 1.95. The summed E-state index contributed by atoms with van der Waals surface area (Å²) in [6.07, 6.45) is 2.81. The van der Waals surface area contributed by atoms with Gasteiger partial charge in [0.1, 0.15) is 6.04 Å². The van der Waals surface area contributed by atoms with Crippen molar-refractivity contribution in [3.8, 4) is 6.07 Å². The second-order valence-electron chi connectivity index (χ2n) is 5.28. The molecule has 112 valence electrons. The van der Waals surface area contributed by atoms with Gasteiger partial charge in [-0.1, -0.05) is 0 Å². The van der Waals surface area contributed by atoms with E-state index in [-0.39, 0.29) is 6.04 Å². The molecule has 2 aliphatic heterocycles. The van der Waals surface area contributed by atoms with E-state index in [1.54, 1.807) is 6.07 Å². The van der Waals surface area contributed by atoms with Crippen LogP contribution < -0.4 is 0 Å². The maximum atomic E-state index is 11.8. The molecule has 0 saturated carbocycles. The molecule has 1 atom stereocenters. The van der Waals surface area contributed by atoms with E-state index in [1.165, 1.54) is 4.31 Å². The van der Waals surface area contributed by atoms with Crippen LogP contribution in [-0.4, -0.2) is 66.2 Å². The monoisotopic (exact) mass is 301 g/mol. The quantitative estimate of drug-likeness (QED) is 0.775. The van der Waals surface area contributed by atoms with E-state index in [2.05, 4.69) is 0 Å². The number of carboxylic acids is 1. The predicted octanol–water partition coefficient (Wildman–Crippen LogP) is -0.147. The Hall–Kier alpha value is -1.17. The number of carboxylic acid groups (broad SMARTS) is 1. The molecular weight excluding hydrogens is 282 g/mol. The lowest BCUT2D eigenvalue weighted by Crippen LogP contribution is -2.50. The average molecular weight is 301 g/mol. The van der Waals surface area contributed by atoms with E-state index in [9.17, 15) is 18.3 Å². The van der Waals surface area contributed by atoms with Gasteiger partial charge in [0.15, 0.2) is 5.75 Å². The van der Waals surface area contributed by atoms with E-state index in [0.717, 1.165) is 13.0 Å². The molecule has 0 spiro atoms. The Morgan fingerprint density at radius 1 is 1.25 bits per heavy atom. The van der Waals surface area contributed by atoms with Gasteiger partial charge < -0.3 is 5.11 Å². The maximum Gasteiger partial charge on any atom is 0.320 e. The molecule has 0 aromatic carbocycles. The topological polar surface area (TPSA) is 102 Å². The second-order valence-corrected chi connectivity index (χ2v) is 7.25. The number of hydrogen-bond donors (Lipinski definition) is 1. The molecule has 0 bridgehead atoms. The molecule has 2 fully saturated rings. The van der Waals surface area contributed by atoms with E-state index in [4.69, 9.17) is 5.26 Å². The van der Waals surface area contributed by atoms with E-state index in [1.807, 2.05) is 4.90 Å². The van der Waals surface area contributed by atoms with Crippen molar-refractivity contribution in [1.82, 2.24) is 9.21 Å². The van der Waals surface area contributed by atoms with E-state index < -0.39 is 27.8 Å². The zero-order valence-electron chi connectivity index (χ0n) is 11.2. The zero-order valence-corrected chi connectivity index (χ0v) is 12.0. The van der Waals surface area contributed by atoms with Gasteiger partial charge in [-0.25, -0.2) is 12.7 Å². The minimum Gasteiger partial charge on any atom is -0.480 e. The summed E-state index contributed by atoms with van der Waals surface area (Å²) in [6.45, 7) is 1.52. The van der Waals surface area contributed by atoms with Gasteiger partial charge >= 0.3 is 5.97 Å². The van der Waals surface area contributed by atoms with Crippen LogP contribution in [0.1, 0.15) is 25.7 Å². The number of nitrogens with zero attached hydrogens (tertiary/aromatic N) is 3. The summed E-state index contributed by atoms with van der Waals surface area (Å²) in [5.74, 6) is -1.28. The standard InChI is InChI=1S/C12H19N3O4S/c13-5-9-20(18,19)14-7-3-10(4-8-14)15-6-1-2-11(15)12(16)17/h10-11H,1-4,6-9H2,(H,16,17). The van der Waals surface area contributed by atoms with Crippen LogP contribution in [0.5, 0.6) is 0 Å². The highest BCUT2D eigenvalue weighted by Crippen LogP contribution is 2.27. The number of sulfonamides is 1. The van der Waals surface area contributed by atoms with Gasteiger partial charge in [0.25, 0.3) is 0 Å². The lowest BCUT2D eigenvalue weighted by atomic mass is 10.0. The number of carbonyl (C=O) groups is 1. The fourth-order valence-electron chi connectivity index (χ4n) is 3.12. The summed E-state index contributed by atoms with van der Waals surface area (Å²) in [6, 6.07) is 1.38. The van der Waals surface area contributed by atoms with Crippen molar-refractivity contribution in [3.63, 3.8) is 0 Å². The maximum absolute atomic E-state index is 11.8. The fraction of sp³-hybridized carbons (Fsp3) is 0.833. The van der Waals surface area contributed by atoms with Gasteiger partial charge in [-0.3, -0.25) is 9.69 Å². The third-order valence-corrected chi connectivity index (χ3v) is 5.76. The lowest BCUT2D eigenvalue weighted by molar-refractivity contribution is -0.143. The van der Waals surface area contributed by atoms with Crippen molar-refractivity contribution in [2.24, 2.45) is 0 Å². The summed E-state index contributed by atoms with van der Waals surface area (Å²) >= 11 is 0. The Kier molecular flexibility index (Phi) is 4.62. The van der Waals surface area contributed by atoms with Crippen molar-refractivity contribution in [3.05, 3.63) is 0 Å². The minimum absolute atomic E-state index is 0.132. The Labute approximate surface area is 118 Å². The van der Waals surface area contributed by atoms with Crippen LogP contribution in [0.2, 0.25) is 0 Å². The molecule has 20 heavy (non-hydrogen) atoms.